The minimum absolute atomic E-state index is 0.624. The molecule has 4 heteroatoms. The number of thioether (sulfide) groups is 1. The van der Waals surface area contributed by atoms with E-state index in [1.165, 1.54) is 16.9 Å². The molecule has 1 aromatic carbocycles. The zero-order valence-corrected chi connectivity index (χ0v) is 12.1. The van der Waals surface area contributed by atoms with Crippen molar-refractivity contribution in [3.05, 3.63) is 23.8 Å². The Kier molecular flexibility index (Phi) is 4.92. The predicted octanol–water partition coefficient (Wildman–Crippen LogP) is 1.83. The van der Waals surface area contributed by atoms with Gasteiger partial charge in [-0.1, -0.05) is 6.07 Å². The summed E-state index contributed by atoms with van der Waals surface area (Å²) in [6.07, 6.45) is 4.40. The van der Waals surface area contributed by atoms with E-state index in [1.807, 2.05) is 6.07 Å². The number of anilines is 1. The van der Waals surface area contributed by atoms with Crippen molar-refractivity contribution >= 4 is 17.4 Å². The third-order valence-electron chi connectivity index (χ3n) is 3.54. The monoisotopic (exact) mass is 265 g/mol. The minimum Gasteiger partial charge on any atom is -0.398 e. The van der Waals surface area contributed by atoms with E-state index >= 15 is 0 Å². The molecule has 100 valence electrons. The second kappa shape index (κ2) is 6.45. The maximum Gasteiger partial charge on any atom is 0.0452 e. The first-order valence-corrected chi connectivity index (χ1v) is 7.76. The van der Waals surface area contributed by atoms with Gasteiger partial charge in [0.1, 0.15) is 0 Å². The van der Waals surface area contributed by atoms with Crippen molar-refractivity contribution < 1.29 is 0 Å². The average molecular weight is 265 g/mol. The van der Waals surface area contributed by atoms with Crippen LogP contribution in [0.5, 0.6) is 0 Å². The summed E-state index contributed by atoms with van der Waals surface area (Å²) in [4.78, 5) is 3.60. The van der Waals surface area contributed by atoms with E-state index < -0.39 is 0 Å². The molecule has 0 aromatic heterocycles. The highest BCUT2D eigenvalue weighted by Crippen LogP contribution is 2.24. The van der Waals surface area contributed by atoms with E-state index in [2.05, 4.69) is 35.7 Å². The number of likely N-dealkylation sites (N-methyl/N-ethyl adjacent to an activating group) is 1. The van der Waals surface area contributed by atoms with Gasteiger partial charge in [0.05, 0.1) is 0 Å². The lowest BCUT2D eigenvalue weighted by Gasteiger charge is -2.31. The smallest absolute Gasteiger partial charge is 0.0452 e. The number of nitrogen functional groups attached to an aromatic ring is 1. The fourth-order valence-electron chi connectivity index (χ4n) is 2.44. The molecule has 1 atom stereocenters. The van der Waals surface area contributed by atoms with Crippen LogP contribution in [0.2, 0.25) is 0 Å². The highest BCUT2D eigenvalue weighted by atomic mass is 32.2. The molecule has 1 heterocycles. The fourth-order valence-corrected chi connectivity index (χ4v) is 3.01. The van der Waals surface area contributed by atoms with Crippen LogP contribution in [0.15, 0.2) is 23.1 Å². The van der Waals surface area contributed by atoms with Gasteiger partial charge >= 0.3 is 0 Å². The zero-order valence-electron chi connectivity index (χ0n) is 11.3. The first-order chi connectivity index (χ1) is 8.69. The number of aryl methyl sites for hydroxylation is 1. The van der Waals surface area contributed by atoms with Crippen molar-refractivity contribution in [1.82, 2.24) is 10.2 Å². The molecule has 1 aliphatic heterocycles. The lowest BCUT2D eigenvalue weighted by Crippen LogP contribution is -2.49. The highest BCUT2D eigenvalue weighted by molar-refractivity contribution is 7.98. The molecule has 1 aromatic rings. The Hall–Kier alpha value is -0.710. The second-order valence-corrected chi connectivity index (χ2v) is 5.88. The molecule has 1 saturated heterocycles. The number of rotatable bonds is 4. The maximum absolute atomic E-state index is 5.92. The van der Waals surface area contributed by atoms with Crippen molar-refractivity contribution in [1.29, 1.82) is 0 Å². The molecule has 0 aliphatic carbocycles. The average Bonchev–Trinajstić information content (AvgIpc) is 2.38. The minimum atomic E-state index is 0.624. The summed E-state index contributed by atoms with van der Waals surface area (Å²) in [5.74, 6) is 0. The molecule has 0 amide bonds. The quantitative estimate of drug-likeness (QED) is 0.644. The van der Waals surface area contributed by atoms with Crippen LogP contribution in [-0.4, -0.2) is 43.9 Å². The first-order valence-electron chi connectivity index (χ1n) is 6.53. The van der Waals surface area contributed by atoms with Crippen molar-refractivity contribution in [3.8, 4) is 0 Å². The highest BCUT2D eigenvalue weighted by Gasteiger charge is 2.15. The van der Waals surface area contributed by atoms with Gasteiger partial charge in [-0.05, 0) is 43.8 Å². The number of benzene rings is 1. The molecule has 0 bridgehead atoms. The van der Waals surface area contributed by atoms with Gasteiger partial charge in [0.2, 0.25) is 0 Å². The third-order valence-corrected chi connectivity index (χ3v) is 4.33. The van der Waals surface area contributed by atoms with E-state index in [0.717, 1.165) is 31.7 Å². The van der Waals surface area contributed by atoms with Gasteiger partial charge in [0, 0.05) is 36.3 Å². The normalized spacial score (nSPS) is 21.1. The van der Waals surface area contributed by atoms with Crippen LogP contribution >= 0.6 is 11.8 Å². The van der Waals surface area contributed by atoms with Crippen LogP contribution < -0.4 is 11.1 Å². The third kappa shape index (κ3) is 3.64. The maximum atomic E-state index is 5.92. The van der Waals surface area contributed by atoms with Crippen molar-refractivity contribution in [3.63, 3.8) is 0 Å². The zero-order chi connectivity index (χ0) is 13.0. The van der Waals surface area contributed by atoms with E-state index in [4.69, 9.17) is 5.73 Å². The first kappa shape index (κ1) is 13.7. The Bertz CT molecular complexity index is 395. The van der Waals surface area contributed by atoms with Gasteiger partial charge in [-0.3, -0.25) is 0 Å². The van der Waals surface area contributed by atoms with Crippen molar-refractivity contribution in [2.45, 2.75) is 23.8 Å². The Morgan fingerprint density at radius 3 is 3.06 bits per heavy atom. The Labute approximate surface area is 114 Å². The molecular formula is C14H23N3S. The number of nitrogens with zero attached hydrogens (tertiary/aromatic N) is 1. The fraction of sp³-hybridized carbons (Fsp3) is 0.571. The van der Waals surface area contributed by atoms with Crippen molar-refractivity contribution in [2.75, 3.05) is 38.7 Å². The largest absolute Gasteiger partial charge is 0.398 e. The van der Waals surface area contributed by atoms with Gasteiger partial charge in [0.25, 0.3) is 0 Å². The summed E-state index contributed by atoms with van der Waals surface area (Å²) in [7, 11) is 2.20. The molecule has 3 N–H and O–H groups in total. The summed E-state index contributed by atoms with van der Waals surface area (Å²) >= 11 is 1.72. The number of hydrogen-bond donors (Lipinski definition) is 2. The predicted molar refractivity (Wildman–Crippen MR) is 80.2 cm³/mol. The number of nitrogens with two attached hydrogens (primary N) is 1. The van der Waals surface area contributed by atoms with Crippen LogP contribution in [0.3, 0.4) is 0 Å². The number of piperazine rings is 1. The van der Waals surface area contributed by atoms with Gasteiger partial charge in [0.15, 0.2) is 0 Å². The summed E-state index contributed by atoms with van der Waals surface area (Å²) in [6, 6.07) is 7.04. The number of nitrogens with one attached hydrogen (secondary N) is 1. The molecule has 0 radical (unpaired) electrons. The molecule has 2 rings (SSSR count). The summed E-state index contributed by atoms with van der Waals surface area (Å²) in [5, 5.41) is 3.59. The molecule has 1 unspecified atom stereocenters. The SMILES string of the molecule is CSc1cc(CCC2CN(C)CCN2)ccc1N. The van der Waals surface area contributed by atoms with Crippen LogP contribution in [-0.2, 0) is 6.42 Å². The summed E-state index contributed by atoms with van der Waals surface area (Å²) < 4.78 is 0. The molecule has 3 nitrogen and oxygen atoms in total. The van der Waals surface area contributed by atoms with Crippen LogP contribution in [0.1, 0.15) is 12.0 Å². The van der Waals surface area contributed by atoms with Crippen molar-refractivity contribution in [2.24, 2.45) is 0 Å². The molecule has 0 saturated carbocycles. The lowest BCUT2D eigenvalue weighted by molar-refractivity contribution is 0.232. The van der Waals surface area contributed by atoms with E-state index in [-0.39, 0.29) is 0 Å². The topological polar surface area (TPSA) is 41.3 Å². The van der Waals surface area contributed by atoms with E-state index in [0.29, 0.717) is 6.04 Å². The lowest BCUT2D eigenvalue weighted by atomic mass is 10.0. The molecular weight excluding hydrogens is 242 g/mol. The van der Waals surface area contributed by atoms with Gasteiger partial charge in [-0.2, -0.15) is 0 Å². The Balaban J connectivity index is 1.89. The summed E-state index contributed by atoms with van der Waals surface area (Å²) in [5.41, 5.74) is 8.20. The molecule has 1 fully saturated rings. The standard InChI is InChI=1S/C14H23N3S/c1-17-8-7-16-12(10-17)5-3-11-4-6-13(15)14(9-11)18-2/h4,6,9,12,16H,3,5,7-8,10,15H2,1-2H3. The molecule has 18 heavy (non-hydrogen) atoms. The van der Waals surface area contributed by atoms with Crippen LogP contribution in [0, 0.1) is 0 Å². The molecule has 1 aliphatic rings. The van der Waals surface area contributed by atoms with E-state index in [1.54, 1.807) is 11.8 Å². The van der Waals surface area contributed by atoms with E-state index in [9.17, 15) is 0 Å². The molecule has 0 spiro atoms. The van der Waals surface area contributed by atoms with Gasteiger partial charge in [-0.25, -0.2) is 0 Å². The Morgan fingerprint density at radius 1 is 1.50 bits per heavy atom. The summed E-state index contributed by atoms with van der Waals surface area (Å²) in [6.45, 7) is 3.43. The Morgan fingerprint density at radius 2 is 2.33 bits per heavy atom. The van der Waals surface area contributed by atoms with Crippen LogP contribution in [0.4, 0.5) is 5.69 Å². The second-order valence-electron chi connectivity index (χ2n) is 5.03. The van der Waals surface area contributed by atoms with Gasteiger partial charge in [-0.15, -0.1) is 11.8 Å². The van der Waals surface area contributed by atoms with Crippen LogP contribution in [0.25, 0.3) is 0 Å². The van der Waals surface area contributed by atoms with Gasteiger partial charge < -0.3 is 16.0 Å². The number of hydrogen-bond acceptors (Lipinski definition) is 4.